The molecule has 0 aliphatic rings. The molecular weight excluding hydrogens is 284 g/mol. The third-order valence-corrected chi connectivity index (χ3v) is 3.88. The Morgan fingerprint density at radius 1 is 1.38 bits per heavy atom. The molecule has 0 aliphatic carbocycles. The van der Waals surface area contributed by atoms with Crippen LogP contribution in [0.5, 0.6) is 0 Å². The molecule has 1 heterocycles. The quantitative estimate of drug-likeness (QED) is 0.656. The summed E-state index contributed by atoms with van der Waals surface area (Å²) in [5, 5.41) is 5.07. The van der Waals surface area contributed by atoms with E-state index in [0.717, 1.165) is 29.4 Å². The first-order valence-electron chi connectivity index (χ1n) is 7.14. The Balaban J connectivity index is 2.13. The molecule has 0 atom stereocenters. The van der Waals surface area contributed by atoms with Crippen LogP contribution in [0, 0.1) is 0 Å². The topological polar surface area (TPSA) is 37.6 Å². The van der Waals surface area contributed by atoms with Crippen LogP contribution in [0.15, 0.2) is 28.7 Å². The summed E-state index contributed by atoms with van der Waals surface area (Å²) in [5.41, 5.74) is 2.16. The van der Waals surface area contributed by atoms with Gasteiger partial charge in [-0.1, -0.05) is 25.1 Å². The maximum absolute atomic E-state index is 5.92. The van der Waals surface area contributed by atoms with E-state index < -0.39 is 0 Å². The van der Waals surface area contributed by atoms with E-state index in [4.69, 9.17) is 21.4 Å². The number of benzene rings is 1. The van der Waals surface area contributed by atoms with Crippen LogP contribution in [0.4, 0.5) is 0 Å². The average Bonchev–Trinajstić information content (AvgIpc) is 2.85. The van der Waals surface area contributed by atoms with E-state index in [0.29, 0.717) is 13.2 Å². The summed E-state index contributed by atoms with van der Waals surface area (Å²) in [6, 6.07) is 8.14. The molecule has 0 fully saturated rings. The number of rotatable bonds is 6. The Labute approximate surface area is 131 Å². The fourth-order valence-electron chi connectivity index (χ4n) is 2.31. The normalized spacial score (nSPS) is 10.8. The number of aryl methyl sites for hydroxylation is 1. The Bertz CT molecular complexity index is 609. The maximum Gasteiger partial charge on any atom is 0.169 e. The Morgan fingerprint density at radius 2 is 2.14 bits per heavy atom. The van der Waals surface area contributed by atoms with Crippen molar-refractivity contribution in [3.05, 3.63) is 35.6 Å². The Morgan fingerprint density at radius 3 is 2.86 bits per heavy atom. The van der Waals surface area contributed by atoms with Crippen molar-refractivity contribution < 1.29 is 9.15 Å². The van der Waals surface area contributed by atoms with Gasteiger partial charge >= 0.3 is 0 Å². The third kappa shape index (κ3) is 3.74. The molecule has 2 rings (SSSR count). The van der Waals surface area contributed by atoms with Crippen molar-refractivity contribution in [3.63, 3.8) is 0 Å². The van der Waals surface area contributed by atoms with E-state index in [2.05, 4.69) is 18.3 Å². The standard InChI is InChI=1S/C16H22N2O2S/c1-4-14-13(12-7-5-6-8-15(12)20-14)11-18(2)16(21)17-9-10-19-3/h5-8H,4,9-11H2,1-3H3,(H,17,21). The molecule has 0 spiro atoms. The molecule has 0 unspecified atom stereocenters. The predicted octanol–water partition coefficient (Wildman–Crippen LogP) is 2.95. The van der Waals surface area contributed by atoms with Crippen LogP contribution >= 0.6 is 12.2 Å². The van der Waals surface area contributed by atoms with Gasteiger partial charge in [-0.25, -0.2) is 0 Å². The first-order valence-corrected chi connectivity index (χ1v) is 7.55. The zero-order valence-corrected chi connectivity index (χ0v) is 13.6. The second-order valence-electron chi connectivity index (χ2n) is 4.93. The van der Waals surface area contributed by atoms with E-state index >= 15 is 0 Å². The molecule has 0 saturated carbocycles. The lowest BCUT2D eigenvalue weighted by molar-refractivity contribution is 0.203. The molecule has 0 radical (unpaired) electrons. The number of methoxy groups -OCH3 is 1. The van der Waals surface area contributed by atoms with Gasteiger partial charge < -0.3 is 19.4 Å². The minimum atomic E-state index is 0.642. The fourth-order valence-corrected chi connectivity index (χ4v) is 2.48. The van der Waals surface area contributed by atoms with Crippen molar-refractivity contribution in [3.8, 4) is 0 Å². The lowest BCUT2D eigenvalue weighted by atomic mass is 10.1. The van der Waals surface area contributed by atoms with Crippen LogP contribution in [0.3, 0.4) is 0 Å². The smallest absolute Gasteiger partial charge is 0.169 e. The van der Waals surface area contributed by atoms with Gasteiger partial charge in [0.05, 0.1) is 6.61 Å². The lowest BCUT2D eigenvalue weighted by Crippen LogP contribution is -2.38. The first kappa shape index (κ1) is 15.8. The van der Waals surface area contributed by atoms with Crippen molar-refractivity contribution >= 4 is 28.3 Å². The molecule has 21 heavy (non-hydrogen) atoms. The molecule has 5 heteroatoms. The number of fused-ring (bicyclic) bond motifs is 1. The molecule has 0 saturated heterocycles. The van der Waals surface area contributed by atoms with Gasteiger partial charge in [0.25, 0.3) is 0 Å². The van der Waals surface area contributed by atoms with E-state index in [1.807, 2.05) is 30.1 Å². The highest BCUT2D eigenvalue weighted by atomic mass is 32.1. The molecule has 1 aromatic carbocycles. The highest BCUT2D eigenvalue weighted by Crippen LogP contribution is 2.27. The summed E-state index contributed by atoms with van der Waals surface area (Å²) in [4.78, 5) is 2.03. The van der Waals surface area contributed by atoms with Crippen molar-refractivity contribution in [1.29, 1.82) is 0 Å². The maximum atomic E-state index is 5.92. The minimum Gasteiger partial charge on any atom is -0.461 e. The van der Waals surface area contributed by atoms with Gasteiger partial charge in [-0.15, -0.1) is 0 Å². The molecule has 1 aromatic heterocycles. The van der Waals surface area contributed by atoms with E-state index in [1.54, 1.807) is 7.11 Å². The molecular formula is C16H22N2O2S. The number of furan rings is 1. The highest BCUT2D eigenvalue weighted by molar-refractivity contribution is 7.80. The van der Waals surface area contributed by atoms with Gasteiger partial charge in [0.15, 0.2) is 5.11 Å². The van der Waals surface area contributed by atoms with Crippen LogP contribution in [0.2, 0.25) is 0 Å². The second-order valence-corrected chi connectivity index (χ2v) is 5.32. The van der Waals surface area contributed by atoms with E-state index in [1.165, 1.54) is 10.9 Å². The van der Waals surface area contributed by atoms with Crippen LogP contribution in [0.1, 0.15) is 18.2 Å². The number of para-hydroxylation sites is 1. The van der Waals surface area contributed by atoms with Crippen molar-refractivity contribution in [2.45, 2.75) is 19.9 Å². The summed E-state index contributed by atoms with van der Waals surface area (Å²) in [6.07, 6.45) is 0.877. The van der Waals surface area contributed by atoms with Gasteiger partial charge in [0.2, 0.25) is 0 Å². The summed E-state index contributed by atoms with van der Waals surface area (Å²) in [7, 11) is 3.67. The van der Waals surface area contributed by atoms with Crippen LogP contribution in [-0.2, 0) is 17.7 Å². The largest absolute Gasteiger partial charge is 0.461 e. The Kier molecular flexibility index (Phi) is 5.59. The van der Waals surface area contributed by atoms with Crippen molar-refractivity contribution in [1.82, 2.24) is 10.2 Å². The van der Waals surface area contributed by atoms with E-state index in [-0.39, 0.29) is 0 Å². The third-order valence-electron chi connectivity index (χ3n) is 3.43. The van der Waals surface area contributed by atoms with E-state index in [9.17, 15) is 0 Å². The van der Waals surface area contributed by atoms with Crippen LogP contribution < -0.4 is 5.32 Å². The minimum absolute atomic E-state index is 0.642. The molecule has 1 N–H and O–H groups in total. The highest BCUT2D eigenvalue weighted by Gasteiger charge is 2.15. The van der Waals surface area contributed by atoms with Gasteiger partial charge in [-0.2, -0.15) is 0 Å². The Hall–Kier alpha value is -1.59. The molecule has 0 aliphatic heterocycles. The van der Waals surface area contributed by atoms with Gasteiger partial charge in [0, 0.05) is 44.6 Å². The summed E-state index contributed by atoms with van der Waals surface area (Å²) < 4.78 is 10.9. The zero-order valence-electron chi connectivity index (χ0n) is 12.8. The van der Waals surface area contributed by atoms with Gasteiger partial charge in [-0.3, -0.25) is 0 Å². The first-order chi connectivity index (χ1) is 10.2. The van der Waals surface area contributed by atoms with Gasteiger partial charge in [-0.05, 0) is 18.3 Å². The number of hydrogen-bond acceptors (Lipinski definition) is 3. The SMILES string of the molecule is CCc1oc2ccccc2c1CN(C)C(=S)NCCOC. The number of ether oxygens (including phenoxy) is 1. The van der Waals surface area contributed by atoms with Crippen LogP contribution in [0.25, 0.3) is 11.0 Å². The molecule has 114 valence electrons. The summed E-state index contributed by atoms with van der Waals surface area (Å²) in [6.45, 7) is 4.20. The number of nitrogens with zero attached hydrogens (tertiary/aromatic N) is 1. The van der Waals surface area contributed by atoms with Gasteiger partial charge in [0.1, 0.15) is 11.3 Å². The molecule has 4 nitrogen and oxygen atoms in total. The predicted molar refractivity (Wildman–Crippen MR) is 89.5 cm³/mol. The fraction of sp³-hybridized carbons (Fsp3) is 0.438. The van der Waals surface area contributed by atoms with Crippen molar-refractivity contribution in [2.24, 2.45) is 0 Å². The molecule has 2 aromatic rings. The monoisotopic (exact) mass is 306 g/mol. The lowest BCUT2D eigenvalue weighted by Gasteiger charge is -2.21. The second kappa shape index (κ2) is 7.43. The van der Waals surface area contributed by atoms with Crippen LogP contribution in [-0.4, -0.2) is 37.3 Å². The number of thiocarbonyl (C=S) groups is 1. The molecule has 0 amide bonds. The molecule has 0 bridgehead atoms. The summed E-state index contributed by atoms with van der Waals surface area (Å²) >= 11 is 5.39. The average molecular weight is 306 g/mol. The number of hydrogen-bond donors (Lipinski definition) is 1. The van der Waals surface area contributed by atoms with Crippen molar-refractivity contribution in [2.75, 3.05) is 27.3 Å². The number of nitrogens with one attached hydrogen (secondary N) is 1. The summed E-state index contributed by atoms with van der Waals surface area (Å²) in [5.74, 6) is 1.03. The zero-order chi connectivity index (χ0) is 15.2.